The summed E-state index contributed by atoms with van der Waals surface area (Å²) in [4.78, 5) is 25.9. The van der Waals surface area contributed by atoms with E-state index in [0.717, 1.165) is 32.4 Å². The van der Waals surface area contributed by atoms with Crippen LogP contribution in [0.3, 0.4) is 0 Å². The van der Waals surface area contributed by atoms with Crippen molar-refractivity contribution in [2.45, 2.75) is 32.7 Å². The van der Waals surface area contributed by atoms with Gasteiger partial charge in [-0.15, -0.1) is 0 Å². The van der Waals surface area contributed by atoms with Crippen LogP contribution < -0.4 is 15.6 Å². The van der Waals surface area contributed by atoms with Crippen molar-refractivity contribution in [3.05, 3.63) is 39.9 Å². The molecule has 0 unspecified atom stereocenters. The highest BCUT2D eigenvalue weighted by molar-refractivity contribution is 5.93. The number of nitrogens with one attached hydrogen (secondary N) is 1. The van der Waals surface area contributed by atoms with Crippen molar-refractivity contribution in [1.82, 2.24) is 9.88 Å². The van der Waals surface area contributed by atoms with Crippen LogP contribution >= 0.6 is 0 Å². The van der Waals surface area contributed by atoms with Crippen molar-refractivity contribution in [2.24, 2.45) is 0 Å². The lowest BCUT2D eigenvalue weighted by atomic mass is 10.1. The van der Waals surface area contributed by atoms with Crippen LogP contribution in [0.1, 0.15) is 36.5 Å². The molecule has 0 spiro atoms. The van der Waals surface area contributed by atoms with Gasteiger partial charge in [-0.3, -0.25) is 4.79 Å². The number of benzene rings is 1. The van der Waals surface area contributed by atoms with E-state index in [-0.39, 0.29) is 10.9 Å². The third-order valence-corrected chi connectivity index (χ3v) is 4.84. The first kappa shape index (κ1) is 18.4. The third kappa shape index (κ3) is 3.58. The van der Waals surface area contributed by atoms with E-state index in [1.807, 2.05) is 4.90 Å². The number of unbranched alkanes of at least 4 members (excludes halogenated alkanes) is 2. The van der Waals surface area contributed by atoms with Crippen LogP contribution in [-0.4, -0.2) is 41.8 Å². The molecular weight excluding hydrogens is 337 g/mol. The maximum atomic E-state index is 14.7. The number of aryl methyl sites for hydroxylation is 1. The van der Waals surface area contributed by atoms with Crippen LogP contribution in [0.2, 0.25) is 0 Å². The van der Waals surface area contributed by atoms with Crippen LogP contribution in [0.25, 0.3) is 10.9 Å². The largest absolute Gasteiger partial charge is 0.477 e. The molecule has 6 nitrogen and oxygen atoms in total. The molecule has 2 heterocycles. The molecule has 0 radical (unpaired) electrons. The summed E-state index contributed by atoms with van der Waals surface area (Å²) in [6.07, 6.45) is 4.29. The van der Waals surface area contributed by atoms with Gasteiger partial charge in [0, 0.05) is 44.3 Å². The van der Waals surface area contributed by atoms with Gasteiger partial charge in [-0.05, 0) is 18.6 Å². The number of anilines is 1. The van der Waals surface area contributed by atoms with E-state index in [4.69, 9.17) is 0 Å². The normalized spacial score (nSPS) is 14.8. The number of fused-ring (bicyclic) bond motifs is 1. The summed E-state index contributed by atoms with van der Waals surface area (Å²) >= 11 is 0. The molecule has 26 heavy (non-hydrogen) atoms. The van der Waals surface area contributed by atoms with Crippen LogP contribution in [0, 0.1) is 5.82 Å². The Morgan fingerprint density at radius 3 is 2.65 bits per heavy atom. The summed E-state index contributed by atoms with van der Waals surface area (Å²) in [6, 6.07) is 2.88. The van der Waals surface area contributed by atoms with Gasteiger partial charge in [0.05, 0.1) is 11.2 Å². The molecule has 2 N–H and O–H groups in total. The second-order valence-electron chi connectivity index (χ2n) is 6.64. The van der Waals surface area contributed by atoms with E-state index in [0.29, 0.717) is 30.8 Å². The van der Waals surface area contributed by atoms with Crippen molar-refractivity contribution in [3.63, 3.8) is 0 Å². The molecule has 0 atom stereocenters. The highest BCUT2D eigenvalue weighted by Gasteiger charge is 2.20. The van der Waals surface area contributed by atoms with E-state index in [1.165, 1.54) is 12.3 Å². The maximum absolute atomic E-state index is 14.7. The number of halogens is 1. The number of carboxylic acids is 1. The summed E-state index contributed by atoms with van der Waals surface area (Å²) in [7, 11) is 0. The van der Waals surface area contributed by atoms with Gasteiger partial charge in [-0.25, -0.2) is 9.18 Å². The summed E-state index contributed by atoms with van der Waals surface area (Å²) < 4.78 is 16.5. The molecule has 1 aromatic carbocycles. The molecule has 7 heteroatoms. The molecule has 3 rings (SSSR count). The highest BCUT2D eigenvalue weighted by Crippen LogP contribution is 2.26. The standard InChI is InChI=1S/C19H24FN3O3/c1-2-3-4-7-23-12-14(19(25)26)18(24)13-10-15(20)17(11-16(13)23)22-8-5-21-6-9-22/h10-12,21H,2-9H2,1H3,(H,25,26). The van der Waals surface area contributed by atoms with E-state index < -0.39 is 17.2 Å². The molecule has 1 aliphatic rings. The smallest absolute Gasteiger partial charge is 0.341 e. The van der Waals surface area contributed by atoms with Gasteiger partial charge in [0.2, 0.25) is 5.43 Å². The Kier molecular flexibility index (Phi) is 5.56. The lowest BCUT2D eigenvalue weighted by Crippen LogP contribution is -2.43. The van der Waals surface area contributed by atoms with Crippen molar-refractivity contribution >= 4 is 22.6 Å². The first-order chi connectivity index (χ1) is 12.5. The van der Waals surface area contributed by atoms with E-state index >= 15 is 0 Å². The number of aromatic nitrogens is 1. The first-order valence-corrected chi connectivity index (χ1v) is 9.08. The molecule has 2 aromatic rings. The fourth-order valence-electron chi connectivity index (χ4n) is 3.42. The molecular formula is C19H24FN3O3. The number of pyridine rings is 1. The number of hydrogen-bond donors (Lipinski definition) is 2. The Bertz CT molecular complexity index is 872. The molecule has 0 saturated carbocycles. The summed E-state index contributed by atoms with van der Waals surface area (Å²) in [5.41, 5.74) is 0.102. The zero-order valence-electron chi connectivity index (χ0n) is 14.9. The molecule has 1 aromatic heterocycles. The predicted octanol–water partition coefficient (Wildman–Crippen LogP) is 2.44. The average Bonchev–Trinajstić information content (AvgIpc) is 2.64. The molecule has 1 fully saturated rings. The van der Waals surface area contributed by atoms with Gasteiger partial charge >= 0.3 is 5.97 Å². The summed E-state index contributed by atoms with van der Waals surface area (Å²) in [6.45, 7) is 5.62. The Hall–Kier alpha value is -2.41. The molecule has 1 aliphatic heterocycles. The third-order valence-electron chi connectivity index (χ3n) is 4.84. The van der Waals surface area contributed by atoms with Crippen molar-refractivity contribution < 1.29 is 14.3 Å². The van der Waals surface area contributed by atoms with Gasteiger partial charge in [-0.1, -0.05) is 19.8 Å². The maximum Gasteiger partial charge on any atom is 0.341 e. The zero-order chi connectivity index (χ0) is 18.7. The number of carbonyl (C=O) groups is 1. The van der Waals surface area contributed by atoms with Gasteiger partial charge < -0.3 is 19.9 Å². The fraction of sp³-hybridized carbons (Fsp3) is 0.474. The summed E-state index contributed by atoms with van der Waals surface area (Å²) in [5, 5.41) is 12.7. The molecule has 0 amide bonds. The van der Waals surface area contributed by atoms with Crippen molar-refractivity contribution in [2.75, 3.05) is 31.1 Å². The zero-order valence-corrected chi connectivity index (χ0v) is 14.9. The molecule has 1 saturated heterocycles. The molecule has 0 aliphatic carbocycles. The Morgan fingerprint density at radius 2 is 2.00 bits per heavy atom. The van der Waals surface area contributed by atoms with Crippen LogP contribution in [0.5, 0.6) is 0 Å². The minimum atomic E-state index is -1.28. The fourth-order valence-corrected chi connectivity index (χ4v) is 3.42. The second kappa shape index (κ2) is 7.86. The number of hydrogen-bond acceptors (Lipinski definition) is 4. The quantitative estimate of drug-likeness (QED) is 0.773. The van der Waals surface area contributed by atoms with E-state index in [2.05, 4.69) is 12.2 Å². The van der Waals surface area contributed by atoms with E-state index in [9.17, 15) is 19.1 Å². The second-order valence-corrected chi connectivity index (χ2v) is 6.64. The summed E-state index contributed by atoms with van der Waals surface area (Å²) in [5.74, 6) is -1.77. The predicted molar refractivity (Wildman–Crippen MR) is 99.7 cm³/mol. The minimum absolute atomic E-state index is 0.123. The Balaban J connectivity index is 2.15. The average molecular weight is 361 g/mol. The van der Waals surface area contributed by atoms with Crippen LogP contribution in [0.4, 0.5) is 10.1 Å². The number of piperazine rings is 1. The van der Waals surface area contributed by atoms with Crippen molar-refractivity contribution in [3.8, 4) is 0 Å². The number of nitrogens with zero attached hydrogens (tertiary/aromatic N) is 2. The van der Waals surface area contributed by atoms with Gasteiger partial charge in [0.1, 0.15) is 11.4 Å². The van der Waals surface area contributed by atoms with Gasteiger partial charge in [-0.2, -0.15) is 0 Å². The monoisotopic (exact) mass is 361 g/mol. The number of carboxylic acid groups (broad SMARTS) is 1. The lowest BCUT2D eigenvalue weighted by molar-refractivity contribution is 0.0695. The Labute approximate surface area is 151 Å². The van der Waals surface area contributed by atoms with Gasteiger partial charge in [0.25, 0.3) is 0 Å². The van der Waals surface area contributed by atoms with Crippen LogP contribution in [0.15, 0.2) is 23.1 Å². The number of rotatable bonds is 6. The highest BCUT2D eigenvalue weighted by atomic mass is 19.1. The van der Waals surface area contributed by atoms with E-state index in [1.54, 1.807) is 10.6 Å². The molecule has 0 bridgehead atoms. The van der Waals surface area contributed by atoms with Gasteiger partial charge in [0.15, 0.2) is 0 Å². The lowest BCUT2D eigenvalue weighted by Gasteiger charge is -2.30. The topological polar surface area (TPSA) is 74.6 Å². The molecule has 140 valence electrons. The number of aromatic carboxylic acids is 1. The SMILES string of the molecule is CCCCCn1cc(C(=O)O)c(=O)c2cc(F)c(N3CCNCC3)cc21. The van der Waals surface area contributed by atoms with Crippen molar-refractivity contribution in [1.29, 1.82) is 0 Å². The first-order valence-electron chi connectivity index (χ1n) is 9.08. The Morgan fingerprint density at radius 1 is 1.27 bits per heavy atom. The van der Waals surface area contributed by atoms with Crippen LogP contribution in [-0.2, 0) is 6.54 Å². The minimum Gasteiger partial charge on any atom is -0.477 e.